The van der Waals surface area contributed by atoms with Crippen LogP contribution in [0.1, 0.15) is 42.9 Å². The highest BCUT2D eigenvalue weighted by molar-refractivity contribution is 6.30. The summed E-state index contributed by atoms with van der Waals surface area (Å²) in [6.45, 7) is 3.99. The van der Waals surface area contributed by atoms with Crippen LogP contribution in [0.15, 0.2) is 18.2 Å². The van der Waals surface area contributed by atoms with Gasteiger partial charge in [-0.15, -0.1) is 0 Å². The summed E-state index contributed by atoms with van der Waals surface area (Å²) in [5.41, 5.74) is 8.66. The largest absolute Gasteiger partial charge is 0.329 e. The predicted octanol–water partition coefficient (Wildman–Crippen LogP) is 4.02. The lowest BCUT2D eigenvalue weighted by molar-refractivity contribution is 0.175. The molecule has 3 heteroatoms. The van der Waals surface area contributed by atoms with E-state index in [2.05, 4.69) is 24.9 Å². The molecular weight excluding hydrogens is 280 g/mol. The fourth-order valence-electron chi connectivity index (χ4n) is 4.65. The molecule has 4 atom stereocenters. The minimum atomic E-state index is 0.307. The number of likely N-dealkylation sites (N-methyl/N-ethyl adjacent to an activating group) is 1. The Morgan fingerprint density at radius 1 is 1.33 bits per heavy atom. The van der Waals surface area contributed by atoms with Crippen LogP contribution in [-0.4, -0.2) is 25.0 Å². The molecule has 0 aliphatic heterocycles. The molecule has 2 aliphatic rings. The van der Waals surface area contributed by atoms with E-state index in [0.29, 0.717) is 12.6 Å². The Bertz CT molecular complexity index is 502. The van der Waals surface area contributed by atoms with Crippen molar-refractivity contribution in [3.05, 3.63) is 34.3 Å². The maximum atomic E-state index is 6.09. The van der Waals surface area contributed by atoms with E-state index < -0.39 is 0 Å². The monoisotopic (exact) mass is 306 g/mol. The number of halogens is 1. The molecule has 0 saturated heterocycles. The number of nitrogens with two attached hydrogens (primary N) is 1. The van der Waals surface area contributed by atoms with Gasteiger partial charge in [0.05, 0.1) is 0 Å². The molecule has 0 heterocycles. The van der Waals surface area contributed by atoms with Crippen LogP contribution >= 0.6 is 11.6 Å². The summed E-state index contributed by atoms with van der Waals surface area (Å²) < 4.78 is 0. The SMILES string of the molecule is Cc1cc(Cl)ccc1C(CN)N(C)CC1CC2CCC1C2. The molecule has 2 fully saturated rings. The van der Waals surface area contributed by atoms with Gasteiger partial charge in [-0.25, -0.2) is 0 Å². The van der Waals surface area contributed by atoms with Crippen LogP contribution < -0.4 is 5.73 Å². The van der Waals surface area contributed by atoms with Gasteiger partial charge < -0.3 is 5.73 Å². The quantitative estimate of drug-likeness (QED) is 0.890. The first-order chi connectivity index (χ1) is 10.1. The van der Waals surface area contributed by atoms with Crippen molar-refractivity contribution in [2.75, 3.05) is 20.1 Å². The number of hydrogen-bond acceptors (Lipinski definition) is 2. The number of hydrogen-bond donors (Lipinski definition) is 1. The molecular formula is C18H27ClN2. The van der Waals surface area contributed by atoms with E-state index in [4.69, 9.17) is 17.3 Å². The van der Waals surface area contributed by atoms with Crippen LogP contribution in [0.2, 0.25) is 5.02 Å². The second-order valence-electron chi connectivity index (χ2n) is 7.13. The number of benzene rings is 1. The molecule has 1 aromatic carbocycles. The van der Waals surface area contributed by atoms with E-state index in [1.807, 2.05) is 12.1 Å². The fourth-order valence-corrected chi connectivity index (χ4v) is 4.88. The zero-order valence-electron chi connectivity index (χ0n) is 13.2. The standard InChI is InChI=1S/C18H27ClN2/c1-12-7-16(19)5-6-17(12)18(10-20)21(2)11-15-9-13-3-4-14(15)8-13/h5-7,13-15,18H,3-4,8-11,20H2,1-2H3. The third-order valence-electron chi connectivity index (χ3n) is 5.75. The summed E-state index contributed by atoms with van der Waals surface area (Å²) in [6, 6.07) is 6.48. The predicted molar refractivity (Wildman–Crippen MR) is 89.6 cm³/mol. The van der Waals surface area contributed by atoms with Gasteiger partial charge in [0.15, 0.2) is 0 Å². The molecule has 0 amide bonds. The Morgan fingerprint density at radius 3 is 2.71 bits per heavy atom. The second kappa shape index (κ2) is 6.28. The molecule has 21 heavy (non-hydrogen) atoms. The van der Waals surface area contributed by atoms with Gasteiger partial charge in [-0.05, 0) is 74.2 Å². The van der Waals surface area contributed by atoms with Crippen molar-refractivity contribution in [3.8, 4) is 0 Å². The maximum absolute atomic E-state index is 6.09. The van der Waals surface area contributed by atoms with Gasteiger partial charge >= 0.3 is 0 Å². The van der Waals surface area contributed by atoms with Crippen LogP contribution in [0.25, 0.3) is 0 Å². The fraction of sp³-hybridized carbons (Fsp3) is 0.667. The third kappa shape index (κ3) is 3.13. The Hall–Kier alpha value is -0.570. The van der Waals surface area contributed by atoms with Gasteiger partial charge in [-0.1, -0.05) is 24.1 Å². The van der Waals surface area contributed by atoms with Crippen LogP contribution in [0.3, 0.4) is 0 Å². The number of nitrogens with zero attached hydrogens (tertiary/aromatic N) is 1. The van der Waals surface area contributed by atoms with E-state index in [1.54, 1.807) is 0 Å². The highest BCUT2D eigenvalue weighted by Gasteiger charge is 2.40. The first-order valence-electron chi connectivity index (χ1n) is 8.24. The summed E-state index contributed by atoms with van der Waals surface area (Å²) in [4.78, 5) is 2.47. The summed E-state index contributed by atoms with van der Waals surface area (Å²) in [5.74, 6) is 2.87. The molecule has 1 aromatic rings. The normalized spacial score (nSPS) is 29.3. The molecule has 2 bridgehead atoms. The van der Waals surface area contributed by atoms with Crippen molar-refractivity contribution in [1.82, 2.24) is 4.90 Å². The minimum Gasteiger partial charge on any atom is -0.329 e. The van der Waals surface area contributed by atoms with Crippen LogP contribution in [-0.2, 0) is 0 Å². The molecule has 2 saturated carbocycles. The Morgan fingerprint density at radius 2 is 2.14 bits per heavy atom. The van der Waals surface area contributed by atoms with Gasteiger partial charge in [0.25, 0.3) is 0 Å². The zero-order valence-corrected chi connectivity index (χ0v) is 13.9. The molecule has 0 spiro atoms. The van der Waals surface area contributed by atoms with Crippen LogP contribution in [0, 0.1) is 24.7 Å². The van der Waals surface area contributed by atoms with E-state index in [-0.39, 0.29) is 0 Å². The average molecular weight is 307 g/mol. The zero-order chi connectivity index (χ0) is 15.0. The summed E-state index contributed by atoms with van der Waals surface area (Å²) in [6.07, 6.45) is 5.84. The van der Waals surface area contributed by atoms with E-state index in [0.717, 1.165) is 22.8 Å². The highest BCUT2D eigenvalue weighted by atomic mass is 35.5. The van der Waals surface area contributed by atoms with Crippen molar-refractivity contribution in [2.24, 2.45) is 23.5 Å². The third-order valence-corrected chi connectivity index (χ3v) is 5.99. The van der Waals surface area contributed by atoms with Crippen molar-refractivity contribution in [3.63, 3.8) is 0 Å². The molecule has 2 nitrogen and oxygen atoms in total. The van der Waals surface area contributed by atoms with Gasteiger partial charge in [-0.3, -0.25) is 4.90 Å². The molecule has 0 aromatic heterocycles. The van der Waals surface area contributed by atoms with Gasteiger partial charge in [0.1, 0.15) is 0 Å². The average Bonchev–Trinajstić information content (AvgIpc) is 3.04. The summed E-state index contributed by atoms with van der Waals surface area (Å²) >= 11 is 6.08. The second-order valence-corrected chi connectivity index (χ2v) is 7.56. The van der Waals surface area contributed by atoms with Crippen molar-refractivity contribution >= 4 is 11.6 Å². The molecule has 116 valence electrons. The minimum absolute atomic E-state index is 0.307. The van der Waals surface area contributed by atoms with Crippen molar-refractivity contribution in [2.45, 2.75) is 38.6 Å². The topological polar surface area (TPSA) is 29.3 Å². The molecule has 4 unspecified atom stereocenters. The Kier molecular flexibility index (Phi) is 4.58. The first-order valence-corrected chi connectivity index (χ1v) is 8.62. The molecule has 2 aliphatic carbocycles. The van der Waals surface area contributed by atoms with Crippen molar-refractivity contribution in [1.29, 1.82) is 0 Å². The Balaban J connectivity index is 1.70. The van der Waals surface area contributed by atoms with Crippen molar-refractivity contribution < 1.29 is 0 Å². The Labute approximate surface area is 133 Å². The number of fused-ring (bicyclic) bond motifs is 2. The van der Waals surface area contributed by atoms with Crippen LogP contribution in [0.5, 0.6) is 0 Å². The lowest BCUT2D eigenvalue weighted by Gasteiger charge is -2.33. The van der Waals surface area contributed by atoms with Gasteiger partial charge in [-0.2, -0.15) is 0 Å². The molecule has 2 N–H and O–H groups in total. The van der Waals surface area contributed by atoms with Gasteiger partial charge in [0.2, 0.25) is 0 Å². The lowest BCUT2D eigenvalue weighted by atomic mass is 9.88. The van der Waals surface area contributed by atoms with Gasteiger partial charge in [0, 0.05) is 24.2 Å². The van der Waals surface area contributed by atoms with E-state index >= 15 is 0 Å². The smallest absolute Gasteiger partial charge is 0.0470 e. The lowest BCUT2D eigenvalue weighted by Crippen LogP contribution is -2.36. The number of rotatable bonds is 5. The first kappa shape index (κ1) is 15.3. The summed E-state index contributed by atoms with van der Waals surface area (Å²) in [7, 11) is 2.23. The maximum Gasteiger partial charge on any atom is 0.0470 e. The van der Waals surface area contributed by atoms with E-state index in [9.17, 15) is 0 Å². The van der Waals surface area contributed by atoms with Crippen LogP contribution in [0.4, 0.5) is 0 Å². The highest BCUT2D eigenvalue weighted by Crippen LogP contribution is 2.48. The van der Waals surface area contributed by atoms with E-state index in [1.165, 1.54) is 43.4 Å². The molecule has 3 rings (SSSR count). The number of aryl methyl sites for hydroxylation is 1. The summed E-state index contributed by atoms with van der Waals surface area (Å²) in [5, 5.41) is 0.808. The molecule has 0 radical (unpaired) electrons.